The number of ether oxygens (including phenoxy) is 1. The second kappa shape index (κ2) is 11.5. The molecule has 4 heterocycles. The van der Waals surface area contributed by atoms with Crippen molar-refractivity contribution in [2.75, 3.05) is 53.4 Å². The van der Waals surface area contributed by atoms with Crippen molar-refractivity contribution in [3.8, 4) is 0 Å². The Hall–Kier alpha value is -2.81. The van der Waals surface area contributed by atoms with Crippen LogP contribution < -0.4 is 5.32 Å². The second-order valence-electron chi connectivity index (χ2n) is 11.0. The van der Waals surface area contributed by atoms with Crippen LogP contribution in [0.2, 0.25) is 0 Å². The Labute approximate surface area is 215 Å². The molecule has 9 heteroatoms. The zero-order chi connectivity index (χ0) is 25.8. The Kier molecular flexibility index (Phi) is 8.39. The van der Waals surface area contributed by atoms with Crippen LogP contribution in [-0.4, -0.2) is 109 Å². The lowest BCUT2D eigenvalue weighted by atomic mass is 10.0. The first-order valence-corrected chi connectivity index (χ1v) is 13.3. The van der Waals surface area contributed by atoms with Crippen LogP contribution in [0.25, 0.3) is 0 Å². The number of carbonyl (C=O) groups is 2. The van der Waals surface area contributed by atoms with Crippen molar-refractivity contribution in [1.82, 2.24) is 24.9 Å². The smallest absolute Gasteiger partial charge is 0.410 e. The topological polar surface area (TPSA) is 80.7 Å². The number of fused-ring (bicyclic) bond motifs is 1. The number of amidine groups is 1. The molecule has 0 radical (unpaired) electrons. The van der Waals surface area contributed by atoms with E-state index in [-0.39, 0.29) is 18.1 Å². The standard InChI is InChI=1S/C27H42N6O3/c1-19(2)24-16-28-26-23(15-20(3)17-33(24)26)29-21-8-12-31(13-9-21)27(35)36-22-10-14-32(18-22)25(34)7-6-11-30(4)5/h6-7,15,17,19,21-22,24,29H,8-14,16,18H2,1-5H3/b7-6+/t22-,24?/m0/s1. The fraction of sp³-hybridized carbons (Fsp3) is 0.667. The number of nitrogens with zero attached hydrogens (tertiary/aromatic N) is 5. The molecule has 0 aromatic heterocycles. The molecule has 0 aromatic carbocycles. The van der Waals surface area contributed by atoms with Crippen molar-refractivity contribution in [3.05, 3.63) is 35.7 Å². The number of amides is 2. The minimum atomic E-state index is -0.266. The van der Waals surface area contributed by atoms with Crippen molar-refractivity contribution in [2.24, 2.45) is 10.9 Å². The molecule has 0 spiro atoms. The Morgan fingerprint density at radius 2 is 1.92 bits per heavy atom. The third kappa shape index (κ3) is 6.30. The lowest BCUT2D eigenvalue weighted by Crippen LogP contribution is -2.48. The Bertz CT molecular complexity index is 945. The van der Waals surface area contributed by atoms with Gasteiger partial charge >= 0.3 is 6.09 Å². The Morgan fingerprint density at radius 3 is 2.61 bits per heavy atom. The molecule has 4 aliphatic rings. The van der Waals surface area contributed by atoms with E-state index in [1.165, 1.54) is 5.57 Å². The van der Waals surface area contributed by atoms with Crippen molar-refractivity contribution >= 4 is 17.8 Å². The van der Waals surface area contributed by atoms with Gasteiger partial charge in [0.25, 0.3) is 0 Å². The number of likely N-dealkylation sites (N-methyl/N-ethyl adjacent to an activating group) is 1. The second-order valence-corrected chi connectivity index (χ2v) is 11.0. The number of likely N-dealkylation sites (tertiary alicyclic amines) is 2. The van der Waals surface area contributed by atoms with E-state index in [4.69, 9.17) is 9.73 Å². The molecule has 0 bridgehead atoms. The van der Waals surface area contributed by atoms with Crippen molar-refractivity contribution in [3.63, 3.8) is 0 Å². The predicted octanol–water partition coefficient (Wildman–Crippen LogP) is 2.44. The summed E-state index contributed by atoms with van der Waals surface area (Å²) in [7, 11) is 3.93. The minimum Gasteiger partial charge on any atom is -0.444 e. The lowest BCUT2D eigenvalue weighted by molar-refractivity contribution is -0.125. The monoisotopic (exact) mass is 498 g/mol. The lowest BCUT2D eigenvalue weighted by Gasteiger charge is -2.36. The summed E-state index contributed by atoms with van der Waals surface area (Å²) in [5.74, 6) is 1.56. The van der Waals surface area contributed by atoms with Crippen LogP contribution >= 0.6 is 0 Å². The van der Waals surface area contributed by atoms with Crippen LogP contribution in [0.15, 0.2) is 40.7 Å². The highest BCUT2D eigenvalue weighted by atomic mass is 16.6. The van der Waals surface area contributed by atoms with Gasteiger partial charge in [-0.1, -0.05) is 19.9 Å². The van der Waals surface area contributed by atoms with Crippen LogP contribution in [0.3, 0.4) is 0 Å². The highest BCUT2D eigenvalue weighted by Crippen LogP contribution is 2.27. The van der Waals surface area contributed by atoms with Gasteiger partial charge in [0, 0.05) is 50.9 Å². The zero-order valence-corrected chi connectivity index (χ0v) is 22.4. The fourth-order valence-electron chi connectivity index (χ4n) is 5.21. The van der Waals surface area contributed by atoms with Crippen LogP contribution in [0.5, 0.6) is 0 Å². The molecule has 198 valence electrons. The average molecular weight is 499 g/mol. The number of rotatable bonds is 7. The van der Waals surface area contributed by atoms with Gasteiger partial charge in [-0.05, 0) is 51.4 Å². The van der Waals surface area contributed by atoms with Gasteiger partial charge in [-0.25, -0.2) is 4.79 Å². The quantitative estimate of drug-likeness (QED) is 0.543. The highest BCUT2D eigenvalue weighted by Gasteiger charge is 2.35. The molecule has 2 atom stereocenters. The fourth-order valence-corrected chi connectivity index (χ4v) is 5.21. The maximum absolute atomic E-state index is 12.8. The number of hydrogen-bond donors (Lipinski definition) is 1. The van der Waals surface area contributed by atoms with Gasteiger partial charge in [-0.2, -0.15) is 0 Å². The number of allylic oxidation sites excluding steroid dienone is 2. The Morgan fingerprint density at radius 1 is 1.19 bits per heavy atom. The van der Waals surface area contributed by atoms with E-state index < -0.39 is 0 Å². The summed E-state index contributed by atoms with van der Waals surface area (Å²) < 4.78 is 5.76. The molecule has 0 aliphatic carbocycles. The summed E-state index contributed by atoms with van der Waals surface area (Å²) in [6, 6.07) is 0.704. The molecule has 0 saturated carbocycles. The van der Waals surface area contributed by atoms with Crippen LogP contribution in [-0.2, 0) is 9.53 Å². The number of piperidine rings is 1. The molecule has 9 nitrogen and oxygen atoms in total. The first-order valence-electron chi connectivity index (χ1n) is 13.3. The molecular formula is C27H42N6O3. The number of hydrogen-bond acceptors (Lipinski definition) is 7. The van der Waals surface area contributed by atoms with Gasteiger partial charge in [0.15, 0.2) is 5.84 Å². The molecule has 1 unspecified atom stereocenters. The predicted molar refractivity (Wildman–Crippen MR) is 141 cm³/mol. The van der Waals surface area contributed by atoms with Gasteiger partial charge in [-0.15, -0.1) is 0 Å². The minimum absolute atomic E-state index is 0.0189. The molecule has 2 fully saturated rings. The summed E-state index contributed by atoms with van der Waals surface area (Å²) in [5.41, 5.74) is 2.32. The summed E-state index contributed by atoms with van der Waals surface area (Å²) in [5, 5.41) is 3.71. The molecule has 0 aromatic rings. The third-order valence-electron chi connectivity index (χ3n) is 7.32. The van der Waals surface area contributed by atoms with Crippen LogP contribution in [0.4, 0.5) is 4.79 Å². The molecule has 1 N–H and O–H groups in total. The van der Waals surface area contributed by atoms with Crippen LogP contribution in [0.1, 0.15) is 40.0 Å². The van der Waals surface area contributed by atoms with Gasteiger partial charge in [-0.3, -0.25) is 9.79 Å². The zero-order valence-electron chi connectivity index (χ0n) is 22.4. The average Bonchev–Trinajstić information content (AvgIpc) is 3.46. The molecular weight excluding hydrogens is 456 g/mol. The van der Waals surface area contributed by atoms with E-state index in [1.54, 1.807) is 15.9 Å². The first kappa shape index (κ1) is 26.3. The van der Waals surface area contributed by atoms with Crippen molar-refractivity contribution in [1.29, 1.82) is 0 Å². The first-order chi connectivity index (χ1) is 17.2. The summed E-state index contributed by atoms with van der Waals surface area (Å²) in [4.78, 5) is 37.8. The van der Waals surface area contributed by atoms with Gasteiger partial charge < -0.3 is 29.7 Å². The van der Waals surface area contributed by atoms with E-state index in [2.05, 4.69) is 43.3 Å². The summed E-state index contributed by atoms with van der Waals surface area (Å²) in [6.07, 6.45) is 9.78. The van der Waals surface area contributed by atoms with E-state index in [0.717, 1.165) is 37.5 Å². The van der Waals surface area contributed by atoms with E-state index >= 15 is 0 Å². The molecule has 4 aliphatic heterocycles. The van der Waals surface area contributed by atoms with Crippen molar-refractivity contribution < 1.29 is 14.3 Å². The highest BCUT2D eigenvalue weighted by molar-refractivity contribution is 6.01. The van der Waals surface area contributed by atoms with E-state index in [0.29, 0.717) is 50.6 Å². The maximum atomic E-state index is 12.8. The largest absolute Gasteiger partial charge is 0.444 e. The summed E-state index contributed by atoms with van der Waals surface area (Å²) in [6.45, 7) is 10.6. The molecule has 4 rings (SSSR count). The van der Waals surface area contributed by atoms with Gasteiger partial charge in [0.2, 0.25) is 5.91 Å². The molecule has 2 amide bonds. The number of carbonyl (C=O) groups excluding carboxylic acids is 2. The van der Waals surface area contributed by atoms with E-state index in [1.807, 2.05) is 25.1 Å². The van der Waals surface area contributed by atoms with E-state index in [9.17, 15) is 9.59 Å². The molecule has 36 heavy (non-hydrogen) atoms. The van der Waals surface area contributed by atoms with Gasteiger partial charge in [0.05, 0.1) is 24.8 Å². The van der Waals surface area contributed by atoms with Crippen LogP contribution in [0, 0.1) is 5.92 Å². The SMILES string of the molecule is CC1=CN2C(=NCC2C(C)C)C(NC2CCN(C(=O)O[C@H]3CCN(C(=O)/C=C/CN(C)C)C3)CC2)=C1. The number of nitrogens with one attached hydrogen (secondary N) is 1. The number of aliphatic imine (C=N–C) groups is 1. The third-order valence-corrected chi connectivity index (χ3v) is 7.32. The summed E-state index contributed by atoms with van der Waals surface area (Å²) >= 11 is 0. The Balaban J connectivity index is 1.22. The van der Waals surface area contributed by atoms with Gasteiger partial charge in [0.1, 0.15) is 6.10 Å². The maximum Gasteiger partial charge on any atom is 0.410 e. The van der Waals surface area contributed by atoms with Crippen molar-refractivity contribution in [2.45, 2.75) is 58.2 Å². The molecule has 2 saturated heterocycles. The normalized spacial score (nSPS) is 24.9.